The number of nitrogens with one attached hydrogen (secondary N) is 1. The molecule has 1 N–H and O–H groups in total. The molecule has 0 amide bonds. The van der Waals surface area contributed by atoms with Gasteiger partial charge in [-0.2, -0.15) is 0 Å². The summed E-state index contributed by atoms with van der Waals surface area (Å²) in [6, 6.07) is 6.80. The molecule has 1 aromatic heterocycles. The Morgan fingerprint density at radius 3 is 2.79 bits per heavy atom. The Balaban J connectivity index is 2.22. The molecule has 3 nitrogen and oxygen atoms in total. The number of rotatable bonds is 6. The molecule has 0 aliphatic carbocycles. The quantitative estimate of drug-likeness (QED) is 0.876. The maximum atomic E-state index is 13.8. The van der Waals surface area contributed by atoms with Crippen LogP contribution in [0.4, 0.5) is 15.2 Å². The molecule has 1 aromatic carbocycles. The van der Waals surface area contributed by atoms with Crippen LogP contribution in [0.5, 0.6) is 0 Å². The molecule has 0 radical (unpaired) electrons. The summed E-state index contributed by atoms with van der Waals surface area (Å²) in [6.07, 6.45) is 1.85. The van der Waals surface area contributed by atoms with Crippen LogP contribution < -0.4 is 10.2 Å². The number of halogens is 1. The first-order valence-electron chi connectivity index (χ1n) is 6.43. The second-order valence-corrected chi connectivity index (χ2v) is 5.18. The van der Waals surface area contributed by atoms with E-state index in [4.69, 9.17) is 0 Å². The maximum Gasteiger partial charge on any atom is 0.190 e. The molecular weight excluding hydrogens is 261 g/mol. The molecule has 0 atom stereocenters. The summed E-state index contributed by atoms with van der Waals surface area (Å²) in [4.78, 5) is 7.45. The van der Waals surface area contributed by atoms with Crippen molar-refractivity contribution in [3.05, 3.63) is 41.2 Å². The molecule has 102 valence electrons. The second kappa shape index (κ2) is 6.63. The van der Waals surface area contributed by atoms with Crippen LogP contribution in [0.3, 0.4) is 0 Å². The molecule has 1 heterocycles. The molecule has 0 spiro atoms. The number of hydrogen-bond acceptors (Lipinski definition) is 4. The fourth-order valence-corrected chi connectivity index (χ4v) is 2.79. The lowest BCUT2D eigenvalue weighted by molar-refractivity contribution is 0.625. The fraction of sp³-hybridized carbons (Fsp3) is 0.357. The van der Waals surface area contributed by atoms with Gasteiger partial charge in [0.2, 0.25) is 0 Å². The van der Waals surface area contributed by atoms with Crippen molar-refractivity contribution in [2.24, 2.45) is 0 Å². The summed E-state index contributed by atoms with van der Waals surface area (Å²) in [5.74, 6) is -0.215. The summed E-state index contributed by atoms with van der Waals surface area (Å²) in [6.45, 7) is 6.49. The summed E-state index contributed by atoms with van der Waals surface area (Å²) < 4.78 is 13.8. The molecule has 19 heavy (non-hydrogen) atoms. The van der Waals surface area contributed by atoms with Crippen LogP contribution in [0, 0.1) is 5.82 Å². The Morgan fingerprint density at radius 2 is 2.11 bits per heavy atom. The van der Waals surface area contributed by atoms with Crippen LogP contribution in [-0.4, -0.2) is 18.1 Å². The van der Waals surface area contributed by atoms with Gasteiger partial charge < -0.3 is 10.2 Å². The molecule has 0 saturated carbocycles. The highest BCUT2D eigenvalue weighted by molar-refractivity contribution is 7.15. The van der Waals surface area contributed by atoms with Gasteiger partial charge in [-0.15, -0.1) is 11.3 Å². The topological polar surface area (TPSA) is 28.2 Å². The van der Waals surface area contributed by atoms with Crippen LogP contribution in [0.2, 0.25) is 0 Å². The van der Waals surface area contributed by atoms with Gasteiger partial charge in [0.05, 0.1) is 5.69 Å². The summed E-state index contributed by atoms with van der Waals surface area (Å²) in [7, 11) is 0. The van der Waals surface area contributed by atoms with E-state index < -0.39 is 0 Å². The Hall–Kier alpha value is -1.46. The Kier molecular flexibility index (Phi) is 4.87. The van der Waals surface area contributed by atoms with E-state index in [9.17, 15) is 4.39 Å². The van der Waals surface area contributed by atoms with E-state index in [1.54, 1.807) is 23.5 Å². The molecule has 0 saturated heterocycles. The normalized spacial score (nSPS) is 10.7. The number of thiazole rings is 1. The number of aromatic nitrogens is 1. The van der Waals surface area contributed by atoms with E-state index in [1.807, 2.05) is 24.1 Å². The molecule has 2 aromatic rings. The minimum Gasteiger partial charge on any atom is -0.315 e. The predicted octanol–water partition coefficient (Wildman–Crippen LogP) is 3.55. The Morgan fingerprint density at radius 1 is 1.32 bits per heavy atom. The van der Waals surface area contributed by atoms with Crippen molar-refractivity contribution in [3.63, 3.8) is 0 Å². The third-order valence-electron chi connectivity index (χ3n) is 2.78. The van der Waals surface area contributed by atoms with Crippen LogP contribution in [0.25, 0.3) is 0 Å². The van der Waals surface area contributed by atoms with E-state index in [0.29, 0.717) is 12.2 Å². The minimum atomic E-state index is -0.215. The lowest BCUT2D eigenvalue weighted by Gasteiger charge is -2.20. The standard InChI is InChI=1S/C14H18FN3S/c1-3-16-9-11-10-17-14(19-11)18(4-2)13-8-6-5-7-12(13)15/h5-8,10,16H,3-4,9H2,1-2H3. The predicted molar refractivity (Wildman–Crippen MR) is 78.6 cm³/mol. The smallest absolute Gasteiger partial charge is 0.190 e. The van der Waals surface area contributed by atoms with Gasteiger partial charge in [-0.3, -0.25) is 0 Å². The molecule has 0 aliphatic rings. The summed E-state index contributed by atoms with van der Waals surface area (Å²) in [5.41, 5.74) is 0.578. The highest BCUT2D eigenvalue weighted by atomic mass is 32.1. The van der Waals surface area contributed by atoms with Crippen molar-refractivity contribution < 1.29 is 4.39 Å². The van der Waals surface area contributed by atoms with Gasteiger partial charge in [0, 0.05) is 24.2 Å². The van der Waals surface area contributed by atoms with Gasteiger partial charge in [-0.25, -0.2) is 9.37 Å². The fourth-order valence-electron chi connectivity index (χ4n) is 1.83. The summed E-state index contributed by atoms with van der Waals surface area (Å²) in [5, 5.41) is 4.10. The number of para-hydroxylation sites is 1. The van der Waals surface area contributed by atoms with E-state index >= 15 is 0 Å². The van der Waals surface area contributed by atoms with Crippen molar-refractivity contribution in [3.8, 4) is 0 Å². The van der Waals surface area contributed by atoms with Crippen LogP contribution in [0.1, 0.15) is 18.7 Å². The van der Waals surface area contributed by atoms with Crippen molar-refractivity contribution >= 4 is 22.2 Å². The van der Waals surface area contributed by atoms with Crippen molar-refractivity contribution in [2.75, 3.05) is 18.0 Å². The van der Waals surface area contributed by atoms with Crippen LogP contribution in [-0.2, 0) is 6.54 Å². The first-order chi connectivity index (χ1) is 9.26. The Labute approximate surface area is 117 Å². The van der Waals surface area contributed by atoms with Crippen LogP contribution in [0.15, 0.2) is 30.5 Å². The molecule has 0 aliphatic heterocycles. The number of nitrogens with zero attached hydrogens (tertiary/aromatic N) is 2. The SMILES string of the molecule is CCNCc1cnc(N(CC)c2ccccc2F)s1. The first kappa shape index (κ1) is 14.0. The van der Waals surface area contributed by atoms with E-state index in [1.165, 1.54) is 6.07 Å². The molecule has 5 heteroatoms. The lowest BCUT2D eigenvalue weighted by atomic mass is 10.3. The number of anilines is 2. The zero-order chi connectivity index (χ0) is 13.7. The third kappa shape index (κ3) is 3.30. The van der Waals surface area contributed by atoms with Gasteiger partial charge >= 0.3 is 0 Å². The van der Waals surface area contributed by atoms with Crippen molar-refractivity contribution in [1.29, 1.82) is 0 Å². The van der Waals surface area contributed by atoms with Crippen molar-refractivity contribution in [1.82, 2.24) is 10.3 Å². The highest BCUT2D eigenvalue weighted by Crippen LogP contribution is 2.30. The zero-order valence-electron chi connectivity index (χ0n) is 11.2. The maximum absolute atomic E-state index is 13.8. The van der Waals surface area contributed by atoms with Gasteiger partial charge in [-0.1, -0.05) is 19.1 Å². The van der Waals surface area contributed by atoms with E-state index in [2.05, 4.69) is 17.2 Å². The number of hydrogen-bond donors (Lipinski definition) is 1. The minimum absolute atomic E-state index is 0.215. The molecular formula is C14H18FN3S. The number of benzene rings is 1. The van der Waals surface area contributed by atoms with Gasteiger partial charge in [0.15, 0.2) is 5.13 Å². The van der Waals surface area contributed by atoms with Gasteiger partial charge in [0.1, 0.15) is 5.82 Å². The lowest BCUT2D eigenvalue weighted by Crippen LogP contribution is -2.16. The first-order valence-corrected chi connectivity index (χ1v) is 7.25. The van der Waals surface area contributed by atoms with Gasteiger partial charge in [0.25, 0.3) is 0 Å². The van der Waals surface area contributed by atoms with Crippen LogP contribution >= 0.6 is 11.3 Å². The second-order valence-electron chi connectivity index (χ2n) is 4.09. The Bertz CT molecular complexity index is 527. The van der Waals surface area contributed by atoms with Crippen molar-refractivity contribution in [2.45, 2.75) is 20.4 Å². The summed E-state index contributed by atoms with van der Waals surface area (Å²) >= 11 is 1.59. The van der Waals surface area contributed by atoms with E-state index in [0.717, 1.165) is 23.1 Å². The molecule has 2 rings (SSSR count). The average molecular weight is 279 g/mol. The average Bonchev–Trinajstić information content (AvgIpc) is 2.88. The van der Waals surface area contributed by atoms with E-state index in [-0.39, 0.29) is 5.82 Å². The van der Waals surface area contributed by atoms with Gasteiger partial charge in [-0.05, 0) is 25.6 Å². The monoisotopic (exact) mass is 279 g/mol. The zero-order valence-corrected chi connectivity index (χ0v) is 12.0. The third-order valence-corrected chi connectivity index (χ3v) is 3.80. The molecule has 0 unspecified atom stereocenters. The largest absolute Gasteiger partial charge is 0.315 e. The molecule has 0 fully saturated rings. The highest BCUT2D eigenvalue weighted by Gasteiger charge is 2.14. The molecule has 0 bridgehead atoms.